The number of nitrogens with zero attached hydrogens (tertiary/aromatic N) is 6. The number of likely N-dealkylation sites (tertiary alicyclic amines) is 1. The van der Waals surface area contributed by atoms with Crippen LogP contribution in [-0.4, -0.2) is 63.9 Å². The van der Waals surface area contributed by atoms with E-state index in [1.54, 1.807) is 25.4 Å². The Morgan fingerprint density at radius 1 is 1.17 bits per heavy atom. The molecule has 0 saturated carbocycles. The number of rotatable bonds is 5. The van der Waals surface area contributed by atoms with Crippen molar-refractivity contribution in [3.05, 3.63) is 71.2 Å². The van der Waals surface area contributed by atoms with E-state index in [9.17, 15) is 4.39 Å². The molecule has 2 aliphatic heterocycles. The highest BCUT2D eigenvalue weighted by Gasteiger charge is 2.29. The Morgan fingerprint density at radius 2 is 1.94 bits per heavy atom. The Labute approximate surface area is 211 Å². The van der Waals surface area contributed by atoms with Gasteiger partial charge in [0.25, 0.3) is 0 Å². The predicted octanol–water partition coefficient (Wildman–Crippen LogP) is 4.44. The highest BCUT2D eigenvalue weighted by Crippen LogP contribution is 2.26. The van der Waals surface area contributed by atoms with Crippen molar-refractivity contribution < 1.29 is 4.39 Å². The van der Waals surface area contributed by atoms with Crippen molar-refractivity contribution in [2.24, 2.45) is 10.7 Å². The summed E-state index contributed by atoms with van der Waals surface area (Å²) in [5.74, 6) is 1.83. The largest absolute Gasteiger partial charge is 0.398 e. The number of nitrogens with two attached hydrogens (primary N) is 1. The Hall–Kier alpha value is -3.13. The van der Waals surface area contributed by atoms with E-state index in [4.69, 9.17) is 22.3 Å². The van der Waals surface area contributed by atoms with Gasteiger partial charge in [0.05, 0.1) is 0 Å². The topological polar surface area (TPSA) is 73.9 Å². The molecule has 186 valence electrons. The van der Waals surface area contributed by atoms with Crippen LogP contribution in [0, 0.1) is 12.7 Å². The molecule has 0 amide bonds. The number of amidine groups is 1. The monoisotopic (exact) mass is 497 g/mol. The molecule has 2 aromatic rings. The van der Waals surface area contributed by atoms with Crippen LogP contribution in [0.15, 0.2) is 54.1 Å². The van der Waals surface area contributed by atoms with Gasteiger partial charge in [-0.2, -0.15) is 0 Å². The van der Waals surface area contributed by atoms with Gasteiger partial charge in [0.1, 0.15) is 17.5 Å². The van der Waals surface area contributed by atoms with Crippen LogP contribution in [0.4, 0.5) is 10.2 Å². The number of hydrogen-bond acceptors (Lipinski definition) is 6. The fourth-order valence-electron chi connectivity index (χ4n) is 4.70. The molecule has 2 aliphatic rings. The quantitative estimate of drug-likeness (QED) is 0.486. The summed E-state index contributed by atoms with van der Waals surface area (Å²) in [6.45, 7) is 13.3. The number of halogens is 2. The summed E-state index contributed by atoms with van der Waals surface area (Å²) < 4.78 is 14.2. The first-order valence-electron chi connectivity index (χ1n) is 12.0. The van der Waals surface area contributed by atoms with E-state index in [0.29, 0.717) is 59.3 Å². The maximum absolute atomic E-state index is 14.2. The average Bonchev–Trinajstić information content (AvgIpc) is 3.26. The molecule has 1 aromatic carbocycles. The van der Waals surface area contributed by atoms with Crippen LogP contribution in [0.1, 0.15) is 37.8 Å². The van der Waals surface area contributed by atoms with Crippen molar-refractivity contribution in [2.45, 2.75) is 45.7 Å². The van der Waals surface area contributed by atoms with E-state index in [0.717, 1.165) is 25.2 Å². The Bertz CT molecular complexity index is 1150. The Balaban J connectivity index is 1.63. The van der Waals surface area contributed by atoms with E-state index in [-0.39, 0.29) is 11.9 Å². The maximum atomic E-state index is 14.2. The number of anilines is 1. The fourth-order valence-corrected chi connectivity index (χ4v) is 4.93. The van der Waals surface area contributed by atoms with Crippen LogP contribution in [0.3, 0.4) is 0 Å². The Morgan fingerprint density at radius 3 is 2.60 bits per heavy atom. The first-order chi connectivity index (χ1) is 16.7. The van der Waals surface area contributed by atoms with Gasteiger partial charge in [-0.15, -0.1) is 0 Å². The minimum absolute atomic E-state index is 0.0863. The maximum Gasteiger partial charge on any atom is 0.171 e. The first-order valence-corrected chi connectivity index (χ1v) is 12.4. The number of aliphatic imine (C=N–C) groups is 1. The molecule has 4 rings (SSSR count). The van der Waals surface area contributed by atoms with Crippen LogP contribution in [0.25, 0.3) is 5.70 Å². The van der Waals surface area contributed by atoms with Gasteiger partial charge in [-0.25, -0.2) is 19.4 Å². The molecule has 7 nitrogen and oxygen atoms in total. The number of piperazine rings is 1. The summed E-state index contributed by atoms with van der Waals surface area (Å²) in [5, 5.41) is 0.393. The Kier molecular flexibility index (Phi) is 7.60. The highest BCUT2D eigenvalue weighted by molar-refractivity contribution is 6.31. The molecule has 2 saturated heterocycles. The number of aryl methyl sites for hydroxylation is 1. The van der Waals surface area contributed by atoms with Crippen LogP contribution < -0.4 is 10.6 Å². The van der Waals surface area contributed by atoms with E-state index in [1.165, 1.54) is 6.07 Å². The molecule has 3 heterocycles. The number of hydrogen-bond donors (Lipinski definition) is 1. The zero-order chi connectivity index (χ0) is 25.1. The summed E-state index contributed by atoms with van der Waals surface area (Å²) in [6.07, 6.45) is 7.31. The molecule has 2 atom stereocenters. The third-order valence-electron chi connectivity index (χ3n) is 6.78. The molecule has 0 aliphatic carbocycles. The standard InChI is InChI=1S/C26H33ClFN7/c1-17-7-8-21(14-22(17)28)23(29)15-24(32-20(4)34-11-5-6-18(34)2)35-13-12-33(16-19(35)3)26-25(27)30-9-10-31-26/h7-10,14-15,18-19H,4-6,11-13,16,29H2,1-3H3/b23-15-,32-24+/t18-,19+/m0/s1. The van der Waals surface area contributed by atoms with Gasteiger partial charge in [0.15, 0.2) is 11.0 Å². The minimum atomic E-state index is -0.282. The van der Waals surface area contributed by atoms with Gasteiger partial charge in [-0.05, 0) is 45.2 Å². The molecule has 2 fully saturated rings. The summed E-state index contributed by atoms with van der Waals surface area (Å²) in [5.41, 5.74) is 8.12. The second-order valence-corrected chi connectivity index (χ2v) is 9.65. The molecule has 0 unspecified atom stereocenters. The molecule has 2 N–H and O–H groups in total. The highest BCUT2D eigenvalue weighted by atomic mass is 35.5. The summed E-state index contributed by atoms with van der Waals surface area (Å²) in [4.78, 5) is 20.1. The summed E-state index contributed by atoms with van der Waals surface area (Å²) >= 11 is 6.29. The molecule has 9 heteroatoms. The van der Waals surface area contributed by atoms with E-state index >= 15 is 0 Å². The van der Waals surface area contributed by atoms with E-state index in [1.807, 2.05) is 12.1 Å². The zero-order valence-electron chi connectivity index (χ0n) is 20.6. The molecule has 1 aromatic heterocycles. The molecule has 0 spiro atoms. The minimum Gasteiger partial charge on any atom is -0.398 e. The van der Waals surface area contributed by atoms with Gasteiger partial charge in [-0.1, -0.05) is 30.3 Å². The lowest BCUT2D eigenvalue weighted by molar-refractivity contribution is 0.294. The van der Waals surface area contributed by atoms with Gasteiger partial charge in [-0.3, -0.25) is 0 Å². The summed E-state index contributed by atoms with van der Waals surface area (Å²) in [6, 6.07) is 5.51. The second kappa shape index (κ2) is 10.6. The zero-order valence-corrected chi connectivity index (χ0v) is 21.3. The molecular formula is C26H33ClFN7. The van der Waals surface area contributed by atoms with Crippen molar-refractivity contribution in [1.29, 1.82) is 0 Å². The summed E-state index contributed by atoms with van der Waals surface area (Å²) in [7, 11) is 0. The fraction of sp³-hybridized carbons (Fsp3) is 0.423. The first kappa shape index (κ1) is 25.0. The van der Waals surface area contributed by atoms with Crippen molar-refractivity contribution in [2.75, 3.05) is 31.1 Å². The van der Waals surface area contributed by atoms with E-state index in [2.05, 4.69) is 45.1 Å². The second-order valence-electron chi connectivity index (χ2n) is 9.29. The normalized spacial score (nSPS) is 21.6. The lowest BCUT2D eigenvalue weighted by Gasteiger charge is -2.41. The molecule has 35 heavy (non-hydrogen) atoms. The predicted molar refractivity (Wildman–Crippen MR) is 141 cm³/mol. The molecular weight excluding hydrogens is 465 g/mol. The smallest absolute Gasteiger partial charge is 0.171 e. The molecule has 0 bridgehead atoms. The third-order valence-corrected chi connectivity index (χ3v) is 7.04. The van der Waals surface area contributed by atoms with Crippen molar-refractivity contribution in [1.82, 2.24) is 19.8 Å². The van der Waals surface area contributed by atoms with E-state index < -0.39 is 0 Å². The lowest BCUT2D eigenvalue weighted by Crippen LogP contribution is -2.54. The van der Waals surface area contributed by atoms with Crippen molar-refractivity contribution >= 4 is 29.0 Å². The number of aromatic nitrogens is 2. The van der Waals surface area contributed by atoms with Crippen LogP contribution in [0.5, 0.6) is 0 Å². The van der Waals surface area contributed by atoms with Crippen LogP contribution in [0.2, 0.25) is 5.15 Å². The SMILES string of the molecule is C=C(/N=C(\C=C(/N)c1ccc(C)c(F)c1)N1CCN(c2nccnc2Cl)C[C@H]1C)N1CCC[C@@H]1C. The average molecular weight is 498 g/mol. The molecule has 0 radical (unpaired) electrons. The van der Waals surface area contributed by atoms with Crippen molar-refractivity contribution in [3.63, 3.8) is 0 Å². The third kappa shape index (κ3) is 5.59. The van der Waals surface area contributed by atoms with Gasteiger partial charge >= 0.3 is 0 Å². The van der Waals surface area contributed by atoms with Crippen LogP contribution in [-0.2, 0) is 0 Å². The number of benzene rings is 1. The van der Waals surface area contributed by atoms with Gasteiger partial charge < -0.3 is 20.4 Å². The van der Waals surface area contributed by atoms with Gasteiger partial charge in [0.2, 0.25) is 0 Å². The van der Waals surface area contributed by atoms with Crippen molar-refractivity contribution in [3.8, 4) is 0 Å². The van der Waals surface area contributed by atoms with Crippen LogP contribution >= 0.6 is 11.6 Å². The lowest BCUT2D eigenvalue weighted by atomic mass is 10.1. The van der Waals surface area contributed by atoms with Gasteiger partial charge in [0, 0.05) is 68.0 Å².